The molecule has 0 bridgehead atoms. The van der Waals surface area contributed by atoms with Gasteiger partial charge in [-0.2, -0.15) is 0 Å². The minimum Gasteiger partial charge on any atom is -0.354 e. The summed E-state index contributed by atoms with van der Waals surface area (Å²) in [7, 11) is 0. The lowest BCUT2D eigenvalue weighted by Gasteiger charge is -2.06. The van der Waals surface area contributed by atoms with Gasteiger partial charge in [-0.25, -0.2) is 0 Å². The van der Waals surface area contributed by atoms with E-state index in [0.717, 1.165) is 13.0 Å². The van der Waals surface area contributed by atoms with Gasteiger partial charge in [0.2, 0.25) is 5.91 Å². The number of amides is 1. The number of rotatable bonds is 1. The number of hydrogen-bond acceptors (Lipinski definition) is 2. The molecule has 0 aromatic carbocycles. The second-order valence-electron chi connectivity index (χ2n) is 2.44. The van der Waals surface area contributed by atoms with E-state index in [1.54, 1.807) is 0 Å². The standard InChI is InChI=1S/C6H12N2O/c1-2-4-3-8-6(9)5(4)7/h4-5H,2-3,7H2,1H3,(H,8,9)/t4-,5+/m1/s1. The van der Waals surface area contributed by atoms with Crippen molar-refractivity contribution in [1.29, 1.82) is 0 Å². The minimum absolute atomic E-state index is 0.00171. The van der Waals surface area contributed by atoms with Crippen molar-refractivity contribution in [2.45, 2.75) is 19.4 Å². The highest BCUT2D eigenvalue weighted by Crippen LogP contribution is 2.10. The fraction of sp³-hybridized carbons (Fsp3) is 0.833. The molecule has 1 aliphatic heterocycles. The molecule has 0 radical (unpaired) electrons. The zero-order valence-electron chi connectivity index (χ0n) is 5.55. The third-order valence-corrected chi connectivity index (χ3v) is 1.87. The highest BCUT2D eigenvalue weighted by molar-refractivity contribution is 5.83. The maximum Gasteiger partial charge on any atom is 0.237 e. The molecule has 0 aromatic rings. The van der Waals surface area contributed by atoms with Crippen molar-refractivity contribution in [3.05, 3.63) is 0 Å². The van der Waals surface area contributed by atoms with E-state index in [1.807, 2.05) is 6.92 Å². The molecule has 1 fully saturated rings. The summed E-state index contributed by atoms with van der Waals surface area (Å²) in [6.45, 7) is 2.81. The lowest BCUT2D eigenvalue weighted by Crippen LogP contribution is -2.33. The number of hydrogen-bond donors (Lipinski definition) is 2. The zero-order chi connectivity index (χ0) is 6.85. The molecule has 1 aliphatic rings. The van der Waals surface area contributed by atoms with Crippen LogP contribution < -0.4 is 11.1 Å². The first-order chi connectivity index (χ1) is 4.25. The predicted octanol–water partition coefficient (Wildman–Crippen LogP) is -0.530. The lowest BCUT2D eigenvalue weighted by molar-refractivity contribution is -0.120. The predicted molar refractivity (Wildman–Crippen MR) is 34.8 cm³/mol. The Kier molecular flexibility index (Phi) is 1.71. The maximum atomic E-state index is 10.7. The van der Waals surface area contributed by atoms with Crippen LogP contribution in [-0.2, 0) is 4.79 Å². The zero-order valence-corrected chi connectivity index (χ0v) is 5.55. The summed E-state index contributed by atoms with van der Waals surface area (Å²) in [5, 5.41) is 2.71. The van der Waals surface area contributed by atoms with Crippen molar-refractivity contribution in [2.24, 2.45) is 11.7 Å². The molecule has 1 saturated heterocycles. The van der Waals surface area contributed by atoms with E-state index in [2.05, 4.69) is 5.32 Å². The quantitative estimate of drug-likeness (QED) is 0.498. The summed E-state index contributed by atoms with van der Waals surface area (Å²) in [5.74, 6) is 0.361. The lowest BCUT2D eigenvalue weighted by atomic mass is 10.0. The van der Waals surface area contributed by atoms with E-state index in [0.29, 0.717) is 5.92 Å². The van der Waals surface area contributed by atoms with Gasteiger partial charge in [-0.15, -0.1) is 0 Å². The van der Waals surface area contributed by atoms with Crippen molar-refractivity contribution in [3.8, 4) is 0 Å². The van der Waals surface area contributed by atoms with E-state index in [1.165, 1.54) is 0 Å². The summed E-state index contributed by atoms with van der Waals surface area (Å²) < 4.78 is 0. The van der Waals surface area contributed by atoms with Crippen LogP contribution in [0.4, 0.5) is 0 Å². The van der Waals surface area contributed by atoms with Gasteiger partial charge in [0.25, 0.3) is 0 Å². The van der Waals surface area contributed by atoms with E-state index in [4.69, 9.17) is 5.73 Å². The van der Waals surface area contributed by atoms with Crippen LogP contribution in [0.25, 0.3) is 0 Å². The molecule has 0 aliphatic carbocycles. The first kappa shape index (κ1) is 6.55. The smallest absolute Gasteiger partial charge is 0.237 e. The molecule has 3 nitrogen and oxygen atoms in total. The second-order valence-corrected chi connectivity index (χ2v) is 2.44. The van der Waals surface area contributed by atoms with Crippen LogP contribution in [0.3, 0.4) is 0 Å². The fourth-order valence-electron chi connectivity index (χ4n) is 1.09. The van der Waals surface area contributed by atoms with E-state index >= 15 is 0 Å². The van der Waals surface area contributed by atoms with E-state index < -0.39 is 0 Å². The summed E-state index contributed by atoms with van der Waals surface area (Å²) in [4.78, 5) is 10.7. The van der Waals surface area contributed by atoms with Gasteiger partial charge < -0.3 is 11.1 Å². The molecular weight excluding hydrogens is 116 g/mol. The van der Waals surface area contributed by atoms with E-state index in [-0.39, 0.29) is 11.9 Å². The van der Waals surface area contributed by atoms with Crippen molar-refractivity contribution in [3.63, 3.8) is 0 Å². The van der Waals surface area contributed by atoms with Crippen LogP contribution in [-0.4, -0.2) is 18.5 Å². The third-order valence-electron chi connectivity index (χ3n) is 1.87. The molecule has 52 valence electrons. The van der Waals surface area contributed by atoms with Crippen molar-refractivity contribution in [2.75, 3.05) is 6.54 Å². The molecule has 1 heterocycles. The molecule has 0 saturated carbocycles. The molecule has 3 heteroatoms. The molecule has 9 heavy (non-hydrogen) atoms. The van der Waals surface area contributed by atoms with E-state index in [9.17, 15) is 4.79 Å². The van der Waals surface area contributed by atoms with Gasteiger partial charge in [-0.1, -0.05) is 6.92 Å². The maximum absolute atomic E-state index is 10.7. The average Bonchev–Trinajstić information content (AvgIpc) is 2.15. The normalized spacial score (nSPS) is 34.7. The Morgan fingerprint density at radius 2 is 2.56 bits per heavy atom. The van der Waals surface area contributed by atoms with Gasteiger partial charge in [0.15, 0.2) is 0 Å². The van der Waals surface area contributed by atoms with Crippen LogP contribution in [0.5, 0.6) is 0 Å². The van der Waals surface area contributed by atoms with Gasteiger partial charge in [-0.05, 0) is 6.42 Å². The molecule has 3 N–H and O–H groups in total. The first-order valence-corrected chi connectivity index (χ1v) is 3.29. The topological polar surface area (TPSA) is 55.1 Å². The van der Waals surface area contributed by atoms with Crippen LogP contribution in [0, 0.1) is 5.92 Å². The van der Waals surface area contributed by atoms with Crippen LogP contribution in [0.1, 0.15) is 13.3 Å². The van der Waals surface area contributed by atoms with Crippen LogP contribution >= 0.6 is 0 Å². The fourth-order valence-corrected chi connectivity index (χ4v) is 1.09. The van der Waals surface area contributed by atoms with Gasteiger partial charge in [-0.3, -0.25) is 4.79 Å². The largest absolute Gasteiger partial charge is 0.354 e. The Labute approximate surface area is 54.6 Å². The Bertz CT molecular complexity index is 124. The van der Waals surface area contributed by atoms with Gasteiger partial charge >= 0.3 is 0 Å². The molecular formula is C6H12N2O. The third kappa shape index (κ3) is 1.05. The molecule has 0 aromatic heterocycles. The first-order valence-electron chi connectivity index (χ1n) is 3.29. The van der Waals surface area contributed by atoms with Crippen molar-refractivity contribution < 1.29 is 4.79 Å². The monoisotopic (exact) mass is 128 g/mol. The number of carbonyl (C=O) groups excluding carboxylic acids is 1. The molecule has 2 atom stereocenters. The van der Waals surface area contributed by atoms with Crippen LogP contribution in [0.2, 0.25) is 0 Å². The van der Waals surface area contributed by atoms with Gasteiger partial charge in [0, 0.05) is 12.5 Å². The molecule has 1 rings (SSSR count). The SMILES string of the molecule is CC[C@@H]1CNC(=O)[C@H]1N. The average molecular weight is 128 g/mol. The number of nitrogens with one attached hydrogen (secondary N) is 1. The summed E-state index contributed by atoms with van der Waals surface area (Å²) in [6.07, 6.45) is 0.986. The molecule has 0 spiro atoms. The van der Waals surface area contributed by atoms with Crippen LogP contribution in [0.15, 0.2) is 0 Å². The van der Waals surface area contributed by atoms with Gasteiger partial charge in [0.05, 0.1) is 6.04 Å². The van der Waals surface area contributed by atoms with Crippen molar-refractivity contribution >= 4 is 5.91 Å². The summed E-state index contributed by atoms with van der Waals surface area (Å²) >= 11 is 0. The molecule has 0 unspecified atom stereocenters. The summed E-state index contributed by atoms with van der Waals surface area (Å²) in [5.41, 5.74) is 5.52. The molecule has 1 amide bonds. The Hall–Kier alpha value is -0.570. The highest BCUT2D eigenvalue weighted by Gasteiger charge is 2.29. The van der Waals surface area contributed by atoms with Gasteiger partial charge in [0.1, 0.15) is 0 Å². The highest BCUT2D eigenvalue weighted by atomic mass is 16.2. The number of nitrogens with two attached hydrogens (primary N) is 1. The van der Waals surface area contributed by atoms with Crippen molar-refractivity contribution in [1.82, 2.24) is 5.32 Å². The summed E-state index contributed by atoms with van der Waals surface area (Å²) in [6, 6.07) is -0.255. The Morgan fingerprint density at radius 3 is 2.78 bits per heavy atom. The Balaban J connectivity index is 2.51. The second kappa shape index (κ2) is 2.35. The minimum atomic E-state index is -0.255. The number of carbonyl (C=O) groups is 1. The Morgan fingerprint density at radius 1 is 1.89 bits per heavy atom.